The molecule has 0 aliphatic carbocycles. The van der Waals surface area contributed by atoms with Gasteiger partial charge >= 0.3 is 6.36 Å². The first-order valence-corrected chi connectivity index (χ1v) is 9.82. The molecule has 1 aliphatic heterocycles. The highest BCUT2D eigenvalue weighted by Crippen LogP contribution is 2.35. The lowest BCUT2D eigenvalue weighted by molar-refractivity contribution is -0.274. The monoisotopic (exact) mass is 470 g/mol. The fraction of sp³-hybridized carbons (Fsp3) is 0.182. The molecule has 34 heavy (non-hydrogen) atoms. The quantitative estimate of drug-likeness (QED) is 0.560. The molecular weight excluding hydrogens is 453 g/mol. The van der Waals surface area contributed by atoms with E-state index in [2.05, 4.69) is 26.1 Å². The fourth-order valence-electron chi connectivity index (χ4n) is 3.62. The highest BCUT2D eigenvalue weighted by Gasteiger charge is 2.31. The van der Waals surface area contributed by atoms with Crippen LogP contribution in [0, 0.1) is 11.3 Å². The number of carbonyl (C=O) groups excluding carboxylic acids is 1. The summed E-state index contributed by atoms with van der Waals surface area (Å²) in [6.07, 6.45) is -3.59. The maximum atomic E-state index is 12.5. The number of nitrogens with zero attached hydrogens (tertiary/aromatic N) is 4. The molecule has 0 fully saturated rings. The summed E-state index contributed by atoms with van der Waals surface area (Å²) >= 11 is 0. The lowest BCUT2D eigenvalue weighted by Crippen LogP contribution is -2.23. The molecule has 2 aromatic carbocycles. The molecule has 0 radical (unpaired) electrons. The van der Waals surface area contributed by atoms with Crippen molar-refractivity contribution in [1.82, 2.24) is 9.97 Å². The number of aromatic nitrogens is 2. The number of methoxy groups -OCH3 is 1. The van der Waals surface area contributed by atoms with Crippen LogP contribution in [0.5, 0.6) is 11.5 Å². The molecule has 174 valence electrons. The predicted molar refractivity (Wildman–Crippen MR) is 115 cm³/mol. The Labute approximate surface area is 191 Å². The molecule has 12 heteroatoms. The number of fused-ring (bicyclic) bond motifs is 1. The van der Waals surface area contributed by atoms with Gasteiger partial charge < -0.3 is 25.4 Å². The number of nitriles is 1. The van der Waals surface area contributed by atoms with Crippen molar-refractivity contribution in [1.29, 1.82) is 5.26 Å². The largest absolute Gasteiger partial charge is 0.573 e. The molecule has 0 atom stereocenters. The van der Waals surface area contributed by atoms with E-state index in [1.807, 2.05) is 6.07 Å². The van der Waals surface area contributed by atoms with E-state index in [9.17, 15) is 23.2 Å². The van der Waals surface area contributed by atoms with Crippen molar-refractivity contribution in [3.8, 4) is 17.6 Å². The third kappa shape index (κ3) is 4.63. The minimum atomic E-state index is -4.85. The summed E-state index contributed by atoms with van der Waals surface area (Å²) in [7, 11) is 1.29. The zero-order valence-electron chi connectivity index (χ0n) is 17.7. The highest BCUT2D eigenvalue weighted by molar-refractivity contribution is 5.97. The smallest absolute Gasteiger partial charge is 0.494 e. The average Bonchev–Trinajstić information content (AvgIpc) is 3.23. The highest BCUT2D eigenvalue weighted by atomic mass is 19.4. The molecule has 0 spiro atoms. The van der Waals surface area contributed by atoms with Gasteiger partial charge in [0, 0.05) is 25.4 Å². The molecule has 0 saturated heterocycles. The van der Waals surface area contributed by atoms with Crippen LogP contribution in [0.4, 0.5) is 30.6 Å². The van der Waals surface area contributed by atoms with E-state index < -0.39 is 18.0 Å². The zero-order chi connectivity index (χ0) is 24.5. The number of alkyl halides is 3. The zero-order valence-corrected chi connectivity index (χ0v) is 17.7. The number of nitrogens with one attached hydrogen (secondary N) is 1. The molecule has 1 amide bonds. The Balaban J connectivity index is 1.65. The number of anilines is 3. The lowest BCUT2D eigenvalue weighted by Gasteiger charge is -2.20. The number of rotatable bonds is 6. The summed E-state index contributed by atoms with van der Waals surface area (Å²) < 4.78 is 46.6. The summed E-state index contributed by atoms with van der Waals surface area (Å²) in [6, 6.07) is 11.0. The first kappa shape index (κ1) is 22.7. The van der Waals surface area contributed by atoms with Crippen LogP contribution in [0.3, 0.4) is 0 Å². The molecule has 1 aromatic heterocycles. The van der Waals surface area contributed by atoms with Crippen molar-refractivity contribution in [3.63, 3.8) is 0 Å². The Morgan fingerprint density at radius 3 is 2.74 bits per heavy atom. The molecule has 0 unspecified atom stereocenters. The number of hydrogen-bond donors (Lipinski definition) is 2. The van der Waals surface area contributed by atoms with Crippen LogP contribution in [-0.2, 0) is 13.1 Å². The topological polar surface area (TPSA) is 126 Å². The Bertz CT molecular complexity index is 1310. The first-order valence-electron chi connectivity index (χ1n) is 9.82. The van der Waals surface area contributed by atoms with Crippen LogP contribution in [-0.4, -0.2) is 29.3 Å². The van der Waals surface area contributed by atoms with Gasteiger partial charge in [-0.25, -0.2) is 4.98 Å². The van der Waals surface area contributed by atoms with Crippen LogP contribution in [0.1, 0.15) is 27.0 Å². The lowest BCUT2D eigenvalue weighted by atomic mass is 10.1. The summed E-state index contributed by atoms with van der Waals surface area (Å²) in [5.41, 5.74) is 8.14. The predicted octanol–water partition coefficient (Wildman–Crippen LogP) is 3.62. The van der Waals surface area contributed by atoms with E-state index in [1.165, 1.54) is 19.4 Å². The molecule has 0 saturated carbocycles. The van der Waals surface area contributed by atoms with Crippen LogP contribution < -0.4 is 25.4 Å². The van der Waals surface area contributed by atoms with Gasteiger partial charge in [0.2, 0.25) is 5.95 Å². The van der Waals surface area contributed by atoms with Gasteiger partial charge in [-0.1, -0.05) is 12.1 Å². The number of ether oxygens (including phenoxy) is 2. The second-order valence-electron chi connectivity index (χ2n) is 7.24. The maximum absolute atomic E-state index is 12.5. The Kier molecular flexibility index (Phi) is 5.85. The van der Waals surface area contributed by atoms with E-state index in [0.29, 0.717) is 18.7 Å². The normalized spacial score (nSPS) is 12.6. The Morgan fingerprint density at radius 1 is 1.26 bits per heavy atom. The Morgan fingerprint density at radius 2 is 2.06 bits per heavy atom. The molecule has 9 nitrogen and oxygen atoms in total. The molecule has 1 aliphatic rings. The van der Waals surface area contributed by atoms with Gasteiger partial charge in [-0.2, -0.15) is 10.2 Å². The van der Waals surface area contributed by atoms with Crippen molar-refractivity contribution >= 4 is 23.4 Å². The van der Waals surface area contributed by atoms with E-state index in [4.69, 9.17) is 10.5 Å². The molecule has 3 aromatic rings. The molecular formula is C22H17F3N6O3. The maximum Gasteiger partial charge on any atom is 0.573 e. The van der Waals surface area contributed by atoms with Gasteiger partial charge in [0.15, 0.2) is 0 Å². The second-order valence-corrected chi connectivity index (χ2v) is 7.24. The van der Waals surface area contributed by atoms with E-state index in [1.54, 1.807) is 17.0 Å². The summed E-state index contributed by atoms with van der Waals surface area (Å²) in [6.45, 7) is 0.733. The van der Waals surface area contributed by atoms with Gasteiger partial charge in [-0.15, -0.1) is 13.2 Å². The van der Waals surface area contributed by atoms with Crippen LogP contribution in [0.15, 0.2) is 42.6 Å². The minimum Gasteiger partial charge on any atom is -0.494 e. The van der Waals surface area contributed by atoms with Crippen molar-refractivity contribution in [2.24, 2.45) is 5.73 Å². The Hall–Kier alpha value is -4.53. The van der Waals surface area contributed by atoms with Crippen LogP contribution in [0.2, 0.25) is 0 Å². The van der Waals surface area contributed by atoms with Gasteiger partial charge in [-0.3, -0.25) is 4.79 Å². The van der Waals surface area contributed by atoms with Crippen molar-refractivity contribution in [2.75, 3.05) is 17.3 Å². The van der Waals surface area contributed by atoms with Crippen molar-refractivity contribution in [2.45, 2.75) is 19.5 Å². The minimum absolute atomic E-state index is 0.0538. The number of benzene rings is 2. The fourth-order valence-corrected chi connectivity index (χ4v) is 3.62. The number of nitrogens with two attached hydrogens (primary N) is 1. The van der Waals surface area contributed by atoms with Gasteiger partial charge in [0.25, 0.3) is 5.91 Å². The number of halogens is 3. The number of hydrogen-bond acceptors (Lipinski definition) is 8. The number of primary amides is 1. The van der Waals surface area contributed by atoms with Gasteiger partial charge in [0.05, 0.1) is 24.4 Å². The van der Waals surface area contributed by atoms with Crippen molar-refractivity contribution < 1.29 is 27.4 Å². The van der Waals surface area contributed by atoms with E-state index in [0.717, 1.165) is 23.3 Å². The third-order valence-corrected chi connectivity index (χ3v) is 5.09. The molecule has 0 bridgehead atoms. The summed E-state index contributed by atoms with van der Waals surface area (Å²) in [4.78, 5) is 22.3. The summed E-state index contributed by atoms with van der Waals surface area (Å²) in [5, 5.41) is 12.3. The van der Waals surface area contributed by atoms with Crippen LogP contribution in [0.25, 0.3) is 0 Å². The van der Waals surface area contributed by atoms with Gasteiger partial charge in [-0.05, 0) is 29.3 Å². The number of carbonyl (C=O) groups is 1. The standard InChI is InChI=1S/C22H17F3N6O3/c1-33-18-7-14(34-22(23,24)25)5-6-17(18)29-21-28-9-15(19(27)32)20(30-21)31-10-13-4-2-3-12(8-26)16(13)11-31/h2-7,9H,10-11H2,1H3,(H2,27,32)(H,28,29,30). The van der Waals surface area contributed by atoms with Crippen LogP contribution >= 0.6 is 0 Å². The summed E-state index contributed by atoms with van der Waals surface area (Å²) in [5.74, 6) is -0.827. The second kappa shape index (κ2) is 8.78. The molecule has 3 N–H and O–H groups in total. The average molecular weight is 470 g/mol. The number of amides is 1. The van der Waals surface area contributed by atoms with Crippen molar-refractivity contribution in [3.05, 3.63) is 64.8 Å². The third-order valence-electron chi connectivity index (χ3n) is 5.09. The molecule has 2 heterocycles. The first-order chi connectivity index (χ1) is 16.2. The molecule has 4 rings (SSSR count). The van der Waals surface area contributed by atoms with E-state index in [-0.39, 0.29) is 28.8 Å². The SMILES string of the molecule is COc1cc(OC(F)(F)F)ccc1Nc1ncc(C(N)=O)c(N2Cc3cccc(C#N)c3C2)n1. The van der Waals surface area contributed by atoms with Gasteiger partial charge in [0.1, 0.15) is 22.9 Å². The van der Waals surface area contributed by atoms with E-state index >= 15 is 0 Å².